The lowest BCUT2D eigenvalue weighted by Gasteiger charge is -2.08. The standard InChI is InChI=1S/C12H8ClFN2O2/c13-7-1-2-9(14)10(5-7)16-8-3-4-15-11(6-8)12(17)18/h1-6H,(H,15,16)(H,17,18). The van der Waals surface area contributed by atoms with Crippen LogP contribution in [-0.4, -0.2) is 16.1 Å². The molecule has 18 heavy (non-hydrogen) atoms. The second kappa shape index (κ2) is 5.01. The number of rotatable bonds is 3. The van der Waals surface area contributed by atoms with Crippen molar-refractivity contribution in [1.29, 1.82) is 0 Å². The molecule has 0 atom stereocenters. The molecule has 4 nitrogen and oxygen atoms in total. The predicted molar refractivity (Wildman–Crippen MR) is 65.9 cm³/mol. The molecule has 92 valence electrons. The molecule has 0 unspecified atom stereocenters. The molecule has 0 amide bonds. The highest BCUT2D eigenvalue weighted by molar-refractivity contribution is 6.30. The van der Waals surface area contributed by atoms with E-state index in [4.69, 9.17) is 16.7 Å². The Hall–Kier alpha value is -2.14. The van der Waals surface area contributed by atoms with Crippen molar-refractivity contribution in [1.82, 2.24) is 4.98 Å². The van der Waals surface area contributed by atoms with Gasteiger partial charge in [0.15, 0.2) is 0 Å². The number of nitrogens with zero attached hydrogens (tertiary/aromatic N) is 1. The van der Waals surface area contributed by atoms with Gasteiger partial charge in [-0.05, 0) is 30.3 Å². The lowest BCUT2D eigenvalue weighted by molar-refractivity contribution is 0.0690. The average Bonchev–Trinajstić information content (AvgIpc) is 2.34. The molecule has 2 rings (SSSR count). The van der Waals surface area contributed by atoms with Gasteiger partial charge in [0.05, 0.1) is 5.69 Å². The maximum absolute atomic E-state index is 13.5. The number of aromatic carboxylic acids is 1. The summed E-state index contributed by atoms with van der Waals surface area (Å²) >= 11 is 5.75. The monoisotopic (exact) mass is 266 g/mol. The lowest BCUT2D eigenvalue weighted by Crippen LogP contribution is -2.01. The molecule has 2 N–H and O–H groups in total. The van der Waals surface area contributed by atoms with Crippen molar-refractivity contribution in [2.24, 2.45) is 0 Å². The van der Waals surface area contributed by atoms with E-state index in [2.05, 4.69) is 10.3 Å². The number of aromatic nitrogens is 1. The van der Waals surface area contributed by atoms with Gasteiger partial charge in [0, 0.05) is 16.9 Å². The number of hydrogen-bond donors (Lipinski definition) is 2. The Morgan fingerprint density at radius 2 is 2.11 bits per heavy atom. The normalized spacial score (nSPS) is 10.1. The summed E-state index contributed by atoms with van der Waals surface area (Å²) in [6, 6.07) is 6.91. The van der Waals surface area contributed by atoms with Gasteiger partial charge in [-0.3, -0.25) is 0 Å². The third-order valence-electron chi connectivity index (χ3n) is 2.19. The molecule has 1 aromatic carbocycles. The number of hydrogen-bond acceptors (Lipinski definition) is 3. The first-order valence-corrected chi connectivity index (χ1v) is 5.35. The van der Waals surface area contributed by atoms with Gasteiger partial charge < -0.3 is 10.4 Å². The van der Waals surface area contributed by atoms with Crippen LogP contribution >= 0.6 is 11.6 Å². The summed E-state index contributed by atoms with van der Waals surface area (Å²) in [4.78, 5) is 14.4. The molecule has 0 bridgehead atoms. The molecule has 1 heterocycles. The van der Waals surface area contributed by atoms with Crippen molar-refractivity contribution in [2.75, 3.05) is 5.32 Å². The van der Waals surface area contributed by atoms with Crippen LogP contribution < -0.4 is 5.32 Å². The minimum atomic E-state index is -1.15. The Morgan fingerprint density at radius 1 is 1.33 bits per heavy atom. The van der Waals surface area contributed by atoms with Crippen LogP contribution in [-0.2, 0) is 0 Å². The number of carboxylic acids is 1. The zero-order valence-corrected chi connectivity index (χ0v) is 9.78. The van der Waals surface area contributed by atoms with Crippen molar-refractivity contribution < 1.29 is 14.3 Å². The van der Waals surface area contributed by atoms with Crippen LogP contribution in [0.5, 0.6) is 0 Å². The maximum Gasteiger partial charge on any atom is 0.354 e. The summed E-state index contributed by atoms with van der Waals surface area (Å²) in [5.41, 5.74) is 0.469. The van der Waals surface area contributed by atoms with Gasteiger partial charge in [-0.2, -0.15) is 0 Å². The summed E-state index contributed by atoms with van der Waals surface area (Å²) in [7, 11) is 0. The summed E-state index contributed by atoms with van der Waals surface area (Å²) < 4.78 is 13.5. The number of nitrogens with one attached hydrogen (secondary N) is 1. The van der Waals surface area contributed by atoms with E-state index in [-0.39, 0.29) is 11.4 Å². The summed E-state index contributed by atoms with van der Waals surface area (Å²) in [6.45, 7) is 0. The molecular formula is C12H8ClFN2O2. The van der Waals surface area contributed by atoms with Crippen molar-refractivity contribution in [3.8, 4) is 0 Å². The zero-order chi connectivity index (χ0) is 13.1. The second-order valence-corrected chi connectivity index (χ2v) is 3.92. The van der Waals surface area contributed by atoms with Crippen molar-refractivity contribution in [3.05, 3.63) is 53.1 Å². The number of carboxylic acid groups (broad SMARTS) is 1. The number of carbonyl (C=O) groups is 1. The highest BCUT2D eigenvalue weighted by Crippen LogP contribution is 2.23. The molecule has 0 aliphatic heterocycles. The summed E-state index contributed by atoms with van der Waals surface area (Å²) in [5.74, 6) is -1.63. The Morgan fingerprint density at radius 3 is 2.83 bits per heavy atom. The van der Waals surface area contributed by atoms with E-state index >= 15 is 0 Å². The van der Waals surface area contributed by atoms with Gasteiger partial charge in [-0.25, -0.2) is 14.2 Å². The van der Waals surface area contributed by atoms with Crippen LogP contribution in [0.2, 0.25) is 5.02 Å². The molecule has 0 saturated carbocycles. The number of anilines is 2. The smallest absolute Gasteiger partial charge is 0.354 e. The Kier molecular flexibility index (Phi) is 3.43. The Bertz CT molecular complexity index is 604. The third kappa shape index (κ3) is 2.75. The van der Waals surface area contributed by atoms with Gasteiger partial charge in [-0.15, -0.1) is 0 Å². The topological polar surface area (TPSA) is 62.2 Å². The molecule has 0 spiro atoms. The van der Waals surface area contributed by atoms with E-state index in [0.29, 0.717) is 10.7 Å². The number of benzene rings is 1. The minimum absolute atomic E-state index is 0.123. The second-order valence-electron chi connectivity index (χ2n) is 3.48. The van der Waals surface area contributed by atoms with E-state index in [9.17, 15) is 9.18 Å². The highest BCUT2D eigenvalue weighted by atomic mass is 35.5. The van der Waals surface area contributed by atoms with Gasteiger partial charge >= 0.3 is 5.97 Å². The first kappa shape index (κ1) is 12.3. The molecule has 0 saturated heterocycles. The first-order chi connectivity index (χ1) is 8.56. The molecule has 0 aliphatic rings. The van der Waals surface area contributed by atoms with Crippen LogP contribution in [0.3, 0.4) is 0 Å². The number of halogens is 2. The molecule has 0 radical (unpaired) electrons. The maximum atomic E-state index is 13.5. The molecule has 1 aromatic heterocycles. The predicted octanol–water partition coefficient (Wildman–Crippen LogP) is 3.32. The third-order valence-corrected chi connectivity index (χ3v) is 2.42. The average molecular weight is 267 g/mol. The largest absolute Gasteiger partial charge is 0.477 e. The fraction of sp³-hybridized carbons (Fsp3) is 0. The number of pyridine rings is 1. The van der Waals surface area contributed by atoms with Gasteiger partial charge in [0.2, 0.25) is 0 Å². The minimum Gasteiger partial charge on any atom is -0.477 e. The molecule has 2 aromatic rings. The van der Waals surface area contributed by atoms with Crippen LogP contribution in [0.4, 0.5) is 15.8 Å². The molecule has 0 aliphatic carbocycles. The van der Waals surface area contributed by atoms with Gasteiger partial charge in [-0.1, -0.05) is 11.6 Å². The summed E-state index contributed by atoms with van der Waals surface area (Å²) in [6.07, 6.45) is 1.33. The first-order valence-electron chi connectivity index (χ1n) is 4.97. The van der Waals surface area contributed by atoms with Crippen LogP contribution in [0.1, 0.15) is 10.5 Å². The van der Waals surface area contributed by atoms with Crippen molar-refractivity contribution in [2.45, 2.75) is 0 Å². The van der Waals surface area contributed by atoms with E-state index in [1.54, 1.807) is 0 Å². The Balaban J connectivity index is 2.31. The van der Waals surface area contributed by atoms with E-state index in [1.807, 2.05) is 0 Å². The summed E-state index contributed by atoms with van der Waals surface area (Å²) in [5, 5.41) is 11.9. The van der Waals surface area contributed by atoms with E-state index < -0.39 is 11.8 Å². The SMILES string of the molecule is O=C(O)c1cc(Nc2cc(Cl)ccc2F)ccn1. The Labute approximate surface area is 107 Å². The van der Waals surface area contributed by atoms with Crippen molar-refractivity contribution in [3.63, 3.8) is 0 Å². The quantitative estimate of drug-likeness (QED) is 0.895. The van der Waals surface area contributed by atoms with Gasteiger partial charge in [0.25, 0.3) is 0 Å². The molecule has 0 fully saturated rings. The zero-order valence-electron chi connectivity index (χ0n) is 9.02. The van der Waals surface area contributed by atoms with Crippen LogP contribution in [0.25, 0.3) is 0 Å². The van der Waals surface area contributed by atoms with Crippen LogP contribution in [0.15, 0.2) is 36.5 Å². The van der Waals surface area contributed by atoms with Gasteiger partial charge in [0.1, 0.15) is 11.5 Å². The van der Waals surface area contributed by atoms with Crippen molar-refractivity contribution >= 4 is 28.9 Å². The molecule has 6 heteroatoms. The molecular weight excluding hydrogens is 259 g/mol. The lowest BCUT2D eigenvalue weighted by atomic mass is 10.2. The highest BCUT2D eigenvalue weighted by Gasteiger charge is 2.07. The van der Waals surface area contributed by atoms with E-state index in [0.717, 1.165) is 0 Å². The van der Waals surface area contributed by atoms with E-state index in [1.165, 1.54) is 36.5 Å². The van der Waals surface area contributed by atoms with Crippen LogP contribution in [0, 0.1) is 5.82 Å². The fourth-order valence-electron chi connectivity index (χ4n) is 1.37. The fourth-order valence-corrected chi connectivity index (χ4v) is 1.55.